The third-order valence-electron chi connectivity index (χ3n) is 3.90. The van der Waals surface area contributed by atoms with Crippen LogP contribution in [-0.4, -0.2) is 20.2 Å². The molecule has 0 atom stereocenters. The Bertz CT molecular complexity index is 899. The minimum Gasteiger partial charge on any atom is -0.503 e. The van der Waals surface area contributed by atoms with Crippen molar-refractivity contribution in [2.24, 2.45) is 0 Å². The molecule has 0 aliphatic rings. The number of hydrogen-bond donors (Lipinski definition) is 0. The number of carbonyl (C=O) groups excluding carboxylic acids is 1. The predicted octanol–water partition coefficient (Wildman–Crippen LogP) is 5.46. The van der Waals surface area contributed by atoms with Crippen molar-refractivity contribution in [3.8, 4) is 5.75 Å². The van der Waals surface area contributed by atoms with E-state index in [1.165, 1.54) is 19.2 Å². The predicted molar refractivity (Wildman–Crippen MR) is 94.2 cm³/mol. The number of halogens is 6. The molecule has 0 N–H and O–H groups in total. The molecule has 2 aromatic rings. The van der Waals surface area contributed by atoms with Gasteiger partial charge in [-0.25, -0.2) is 4.79 Å². The second-order valence-electron chi connectivity index (χ2n) is 5.95. The maximum atomic E-state index is 13.0. The zero-order valence-corrected chi connectivity index (χ0v) is 15.7. The van der Waals surface area contributed by atoms with Gasteiger partial charge in [-0.05, 0) is 29.3 Å². The summed E-state index contributed by atoms with van der Waals surface area (Å²) in [6, 6.07) is 7.12. The first-order valence-corrected chi connectivity index (χ1v) is 8.29. The first-order valence-electron chi connectivity index (χ1n) is 8.29. The molecule has 0 saturated carbocycles. The van der Waals surface area contributed by atoms with Gasteiger partial charge in [-0.3, -0.25) is 0 Å². The average Bonchev–Trinajstić information content (AvgIpc) is 2.68. The highest BCUT2D eigenvalue weighted by molar-refractivity contribution is 6.16. The monoisotopic (exact) mass is 434 g/mol. The molecule has 4 nitrogen and oxygen atoms in total. The van der Waals surface area contributed by atoms with Crippen molar-refractivity contribution in [3.05, 3.63) is 71.0 Å². The van der Waals surface area contributed by atoms with E-state index in [1.54, 1.807) is 12.1 Å². The number of ether oxygens (including phenoxy) is 3. The highest BCUT2D eigenvalue weighted by atomic mass is 19.4. The first-order chi connectivity index (χ1) is 14.0. The lowest BCUT2D eigenvalue weighted by atomic mass is 10.0. The lowest BCUT2D eigenvalue weighted by molar-refractivity contribution is -0.143. The maximum Gasteiger partial charge on any atom is 0.416 e. The fraction of sp³-hybridized carbons (Fsp3) is 0.250. The first kappa shape index (κ1) is 23.1. The third kappa shape index (κ3) is 5.68. The van der Waals surface area contributed by atoms with E-state index in [0.717, 1.165) is 13.4 Å². The molecule has 0 radical (unpaired) electrons. The summed E-state index contributed by atoms with van der Waals surface area (Å²) in [7, 11) is 2.44. The largest absolute Gasteiger partial charge is 0.503 e. The summed E-state index contributed by atoms with van der Waals surface area (Å²) in [6.45, 7) is -0.410. The number of esters is 1. The molecule has 0 spiro atoms. The van der Waals surface area contributed by atoms with E-state index in [0.29, 0.717) is 17.7 Å². The van der Waals surface area contributed by atoms with Crippen LogP contribution < -0.4 is 4.74 Å². The van der Waals surface area contributed by atoms with Crippen molar-refractivity contribution >= 4 is 11.5 Å². The topological polar surface area (TPSA) is 44.8 Å². The average molecular weight is 434 g/mol. The number of alkyl halides is 6. The van der Waals surface area contributed by atoms with Gasteiger partial charge < -0.3 is 14.2 Å². The van der Waals surface area contributed by atoms with Gasteiger partial charge in [0.1, 0.15) is 17.9 Å². The smallest absolute Gasteiger partial charge is 0.416 e. The zero-order valence-electron chi connectivity index (χ0n) is 15.7. The standard InChI is InChI=1S/C20H16F6O4/c1-28-11-17(18(27)29-2)16-6-4-3-5-12(16)10-30-15-8-13(19(21,22)23)7-14(9-15)20(24,25)26/h3-9,11H,10H2,1-2H3. The van der Waals surface area contributed by atoms with Crippen LogP contribution in [0, 0.1) is 0 Å². The molecular formula is C20H16F6O4. The van der Waals surface area contributed by atoms with Gasteiger partial charge in [-0.15, -0.1) is 0 Å². The molecule has 162 valence electrons. The van der Waals surface area contributed by atoms with Gasteiger partial charge >= 0.3 is 18.3 Å². The Hall–Kier alpha value is -3.17. The summed E-state index contributed by atoms with van der Waals surface area (Å²) in [5, 5.41) is 0. The minimum atomic E-state index is -4.99. The van der Waals surface area contributed by atoms with Gasteiger partial charge in [0.05, 0.1) is 31.6 Å². The molecule has 0 fully saturated rings. The Kier molecular flexibility index (Phi) is 7.01. The van der Waals surface area contributed by atoms with Gasteiger partial charge in [0.2, 0.25) is 0 Å². The van der Waals surface area contributed by atoms with Crippen molar-refractivity contribution in [2.75, 3.05) is 14.2 Å². The molecule has 0 unspecified atom stereocenters. The Balaban J connectivity index is 2.41. The van der Waals surface area contributed by atoms with Crippen molar-refractivity contribution in [1.29, 1.82) is 0 Å². The molecule has 0 amide bonds. The number of rotatable bonds is 6. The number of hydrogen-bond acceptors (Lipinski definition) is 4. The van der Waals surface area contributed by atoms with Gasteiger partial charge in [0.15, 0.2) is 0 Å². The molecule has 0 aliphatic heterocycles. The molecule has 30 heavy (non-hydrogen) atoms. The SMILES string of the molecule is COC=C(C(=O)OC)c1ccccc1COc1cc(C(F)(F)F)cc(C(F)(F)F)c1. The lowest BCUT2D eigenvalue weighted by Crippen LogP contribution is -2.12. The lowest BCUT2D eigenvalue weighted by Gasteiger charge is -2.16. The Labute approximate surface area is 167 Å². The Morgan fingerprint density at radius 2 is 1.50 bits per heavy atom. The molecular weight excluding hydrogens is 418 g/mol. The summed E-state index contributed by atoms with van der Waals surface area (Å²) < 4.78 is 92.7. The van der Waals surface area contributed by atoms with E-state index in [-0.39, 0.29) is 17.2 Å². The summed E-state index contributed by atoms with van der Waals surface area (Å²) in [5.74, 6) is -1.37. The summed E-state index contributed by atoms with van der Waals surface area (Å²) in [5.41, 5.74) is -2.38. The van der Waals surface area contributed by atoms with Crippen LogP contribution in [0.1, 0.15) is 22.3 Å². The van der Waals surface area contributed by atoms with E-state index in [9.17, 15) is 31.1 Å². The van der Waals surface area contributed by atoms with E-state index < -0.39 is 41.8 Å². The van der Waals surface area contributed by atoms with Gasteiger partial charge in [0.25, 0.3) is 0 Å². The molecule has 0 aromatic heterocycles. The molecule has 0 bridgehead atoms. The van der Waals surface area contributed by atoms with Gasteiger partial charge in [-0.2, -0.15) is 26.3 Å². The second-order valence-corrected chi connectivity index (χ2v) is 5.95. The van der Waals surface area contributed by atoms with E-state index >= 15 is 0 Å². The Morgan fingerprint density at radius 3 is 2.00 bits per heavy atom. The van der Waals surface area contributed by atoms with Crippen LogP contribution in [0.25, 0.3) is 5.57 Å². The quantitative estimate of drug-likeness (QED) is 0.262. The highest BCUT2D eigenvalue weighted by Crippen LogP contribution is 2.38. The summed E-state index contributed by atoms with van der Waals surface area (Å²) in [6.07, 6.45) is -8.87. The molecule has 2 aromatic carbocycles. The van der Waals surface area contributed by atoms with Gasteiger partial charge in [-0.1, -0.05) is 24.3 Å². The molecule has 0 aliphatic carbocycles. The van der Waals surface area contributed by atoms with Crippen LogP contribution in [0.5, 0.6) is 5.75 Å². The molecule has 0 heterocycles. The molecule has 0 saturated heterocycles. The normalized spacial score (nSPS) is 12.5. The van der Waals surface area contributed by atoms with Crippen molar-refractivity contribution < 1.29 is 45.3 Å². The minimum absolute atomic E-state index is 0.000720. The Morgan fingerprint density at radius 1 is 0.933 bits per heavy atom. The van der Waals surface area contributed by atoms with Crippen molar-refractivity contribution in [2.45, 2.75) is 19.0 Å². The second kappa shape index (κ2) is 9.10. The van der Waals surface area contributed by atoms with Crippen LogP contribution in [0.4, 0.5) is 26.3 Å². The van der Waals surface area contributed by atoms with Crippen molar-refractivity contribution in [3.63, 3.8) is 0 Å². The van der Waals surface area contributed by atoms with Gasteiger partial charge in [0, 0.05) is 0 Å². The fourth-order valence-corrected chi connectivity index (χ4v) is 2.53. The fourth-order valence-electron chi connectivity index (χ4n) is 2.53. The van der Waals surface area contributed by atoms with E-state index in [2.05, 4.69) is 4.74 Å². The van der Waals surface area contributed by atoms with E-state index in [4.69, 9.17) is 9.47 Å². The van der Waals surface area contributed by atoms with Crippen LogP contribution in [0.15, 0.2) is 48.7 Å². The highest BCUT2D eigenvalue weighted by Gasteiger charge is 2.37. The van der Waals surface area contributed by atoms with Crippen LogP contribution in [-0.2, 0) is 33.2 Å². The third-order valence-corrected chi connectivity index (χ3v) is 3.90. The maximum absolute atomic E-state index is 13.0. The zero-order chi connectivity index (χ0) is 22.5. The van der Waals surface area contributed by atoms with Crippen molar-refractivity contribution in [1.82, 2.24) is 0 Å². The van der Waals surface area contributed by atoms with Crippen LogP contribution >= 0.6 is 0 Å². The number of benzene rings is 2. The van der Waals surface area contributed by atoms with Crippen LogP contribution in [0.3, 0.4) is 0 Å². The summed E-state index contributed by atoms with van der Waals surface area (Å²) >= 11 is 0. The number of carbonyl (C=O) groups is 1. The molecule has 2 rings (SSSR count). The number of methoxy groups -OCH3 is 2. The van der Waals surface area contributed by atoms with E-state index in [1.807, 2.05) is 0 Å². The molecule has 10 heteroatoms. The van der Waals surface area contributed by atoms with Crippen LogP contribution in [0.2, 0.25) is 0 Å². The summed E-state index contributed by atoms with van der Waals surface area (Å²) in [4.78, 5) is 12.0.